The van der Waals surface area contributed by atoms with Crippen molar-refractivity contribution in [1.82, 2.24) is 9.88 Å². The summed E-state index contributed by atoms with van der Waals surface area (Å²) >= 11 is 2.76. The number of hydrogen-bond donors (Lipinski definition) is 3. The summed E-state index contributed by atoms with van der Waals surface area (Å²) in [5.74, 6) is -1.43. The fourth-order valence-electron chi connectivity index (χ4n) is 3.90. The number of amides is 2. The van der Waals surface area contributed by atoms with Crippen molar-refractivity contribution in [1.29, 1.82) is 0 Å². The van der Waals surface area contributed by atoms with Gasteiger partial charge in [-0.25, -0.2) is 9.78 Å². The number of carbonyl (C=O) groups excluding carboxylic acids is 2. The van der Waals surface area contributed by atoms with Gasteiger partial charge in [0.1, 0.15) is 17.1 Å². The van der Waals surface area contributed by atoms with Crippen LogP contribution in [-0.2, 0) is 14.4 Å². The number of carboxylic acids is 1. The molecule has 1 fully saturated rings. The molecule has 2 atom stereocenters. The molecule has 1 saturated heterocycles. The molecule has 1 aromatic heterocycles. The number of rotatable bonds is 6. The fraction of sp³-hybridized carbons (Fsp3) is 0.368. The van der Waals surface area contributed by atoms with Gasteiger partial charge in [0.25, 0.3) is 5.91 Å². The molecule has 3 heterocycles. The molecule has 2 amide bonds. The molecule has 0 aliphatic carbocycles. The first kappa shape index (κ1) is 24.0. The van der Waals surface area contributed by atoms with Crippen molar-refractivity contribution in [2.45, 2.75) is 31.2 Å². The second kappa shape index (κ2) is 9.47. The van der Waals surface area contributed by atoms with Gasteiger partial charge < -0.3 is 16.6 Å². The number of carboxylic acid groups (broad SMARTS) is 1. The Morgan fingerprint density at radius 1 is 1.39 bits per heavy atom. The van der Waals surface area contributed by atoms with E-state index in [9.17, 15) is 19.5 Å². The van der Waals surface area contributed by atoms with E-state index in [1.807, 2.05) is 6.92 Å². The van der Waals surface area contributed by atoms with E-state index in [0.717, 1.165) is 16.7 Å². The van der Waals surface area contributed by atoms with E-state index >= 15 is 0 Å². The molecule has 160 valence electrons. The third kappa shape index (κ3) is 4.10. The van der Waals surface area contributed by atoms with Crippen LogP contribution in [0.5, 0.6) is 0 Å². The standard InChI is InChI=1S/C19H21N5O4S2.Na.H/c1-2-3-9-8-29-17-15(16(26)24(17)14(9)18(27)28)23(13(25)7-20)10-4-5-11-12(6-10)30-19(21)22-11;;/h4-6,15,17H,2-3,7-8,20H2,1H3,(H2,21,22)(H,27,28);;. The maximum atomic E-state index is 13.1. The van der Waals surface area contributed by atoms with Crippen molar-refractivity contribution < 1.29 is 19.5 Å². The molecule has 2 aromatic rings. The van der Waals surface area contributed by atoms with Gasteiger partial charge >= 0.3 is 35.5 Å². The number of β-lactam (4-membered cyclic amide) rings is 1. The van der Waals surface area contributed by atoms with Crippen molar-refractivity contribution >= 4 is 91.5 Å². The van der Waals surface area contributed by atoms with Gasteiger partial charge in [-0.3, -0.25) is 19.4 Å². The third-order valence-corrected chi connectivity index (χ3v) is 7.33. The van der Waals surface area contributed by atoms with Crippen LogP contribution in [0.4, 0.5) is 10.8 Å². The van der Waals surface area contributed by atoms with E-state index in [0.29, 0.717) is 28.5 Å². The second-order valence-electron chi connectivity index (χ2n) is 7.03. The predicted molar refractivity (Wildman–Crippen MR) is 124 cm³/mol. The zero-order valence-corrected chi connectivity index (χ0v) is 17.8. The molecule has 4 rings (SSSR count). The Balaban J connectivity index is 0.00000272. The molecule has 2 aliphatic heterocycles. The van der Waals surface area contributed by atoms with E-state index in [4.69, 9.17) is 11.5 Å². The molecular formula is C19H22N5NaO4S2. The first-order chi connectivity index (χ1) is 14.4. The summed E-state index contributed by atoms with van der Waals surface area (Å²) in [4.78, 5) is 44.6. The number of fused-ring (bicyclic) bond motifs is 2. The number of nitrogen functional groups attached to an aromatic ring is 1. The number of nitrogens with two attached hydrogens (primary N) is 2. The van der Waals surface area contributed by atoms with E-state index in [1.165, 1.54) is 32.9 Å². The molecule has 0 radical (unpaired) electrons. The zero-order valence-electron chi connectivity index (χ0n) is 16.2. The SMILES string of the molecule is CCCC1=C(C(=O)O)N2C(=O)C(N(C(=O)CN)c3ccc4nc(N)sc4c3)C2SC1.[NaH]. The quantitative estimate of drug-likeness (QED) is 0.417. The molecule has 1 aromatic carbocycles. The number of hydrogen-bond acceptors (Lipinski definition) is 8. The van der Waals surface area contributed by atoms with Crippen LogP contribution < -0.4 is 16.4 Å². The number of thioether (sulfide) groups is 1. The number of thiazole rings is 1. The van der Waals surface area contributed by atoms with Gasteiger partial charge in [0, 0.05) is 11.4 Å². The van der Waals surface area contributed by atoms with Gasteiger partial charge in [0.2, 0.25) is 5.91 Å². The summed E-state index contributed by atoms with van der Waals surface area (Å²) in [7, 11) is 0. The minimum absolute atomic E-state index is 0. The fourth-order valence-corrected chi connectivity index (χ4v) is 6.10. The maximum absolute atomic E-state index is 13.1. The average molecular weight is 472 g/mol. The predicted octanol–water partition coefficient (Wildman–Crippen LogP) is 0.944. The Labute approximate surface area is 209 Å². The van der Waals surface area contributed by atoms with Gasteiger partial charge in [-0.15, -0.1) is 11.8 Å². The Hall–Kier alpha value is -1.63. The van der Waals surface area contributed by atoms with Crippen LogP contribution in [0, 0.1) is 0 Å². The van der Waals surface area contributed by atoms with Gasteiger partial charge in [-0.2, -0.15) is 0 Å². The third-order valence-electron chi connectivity index (χ3n) is 5.16. The molecular weight excluding hydrogens is 449 g/mol. The van der Waals surface area contributed by atoms with Gasteiger partial charge in [0.05, 0.1) is 16.8 Å². The van der Waals surface area contributed by atoms with Gasteiger partial charge in [-0.1, -0.05) is 24.7 Å². The van der Waals surface area contributed by atoms with Crippen LogP contribution >= 0.6 is 23.1 Å². The summed E-state index contributed by atoms with van der Waals surface area (Å²) in [5, 5.41) is 9.65. The minimum atomic E-state index is -1.12. The Morgan fingerprint density at radius 2 is 2.13 bits per heavy atom. The van der Waals surface area contributed by atoms with E-state index in [-0.39, 0.29) is 41.8 Å². The molecule has 0 bridgehead atoms. The molecule has 0 spiro atoms. The van der Waals surface area contributed by atoms with Crippen molar-refractivity contribution in [2.24, 2.45) is 5.73 Å². The molecule has 5 N–H and O–H groups in total. The zero-order chi connectivity index (χ0) is 21.6. The second-order valence-corrected chi connectivity index (χ2v) is 9.20. The molecule has 31 heavy (non-hydrogen) atoms. The normalized spacial score (nSPS) is 20.2. The number of anilines is 2. The van der Waals surface area contributed by atoms with Gasteiger partial charge in [0.15, 0.2) is 5.13 Å². The number of carbonyl (C=O) groups is 3. The first-order valence-corrected chi connectivity index (χ1v) is 11.3. The summed E-state index contributed by atoms with van der Waals surface area (Å²) in [6, 6.07) is 4.39. The van der Waals surface area contributed by atoms with E-state index in [1.54, 1.807) is 18.2 Å². The molecule has 12 heteroatoms. The summed E-state index contributed by atoms with van der Waals surface area (Å²) < 4.78 is 0.788. The molecule has 2 unspecified atom stereocenters. The summed E-state index contributed by atoms with van der Waals surface area (Å²) in [5.41, 5.74) is 13.4. The van der Waals surface area contributed by atoms with Crippen molar-refractivity contribution in [3.8, 4) is 0 Å². The van der Waals surface area contributed by atoms with Crippen LogP contribution in [-0.4, -0.2) is 86.0 Å². The molecule has 2 aliphatic rings. The summed E-state index contributed by atoms with van der Waals surface area (Å²) in [6.07, 6.45) is 1.41. The molecule has 0 saturated carbocycles. The van der Waals surface area contributed by atoms with Crippen molar-refractivity contribution in [3.63, 3.8) is 0 Å². The van der Waals surface area contributed by atoms with Gasteiger partial charge in [-0.05, 0) is 30.2 Å². The van der Waals surface area contributed by atoms with Crippen LogP contribution in [0.15, 0.2) is 29.5 Å². The number of benzene rings is 1. The Morgan fingerprint density at radius 3 is 2.77 bits per heavy atom. The Kier molecular flexibility index (Phi) is 7.34. The average Bonchev–Trinajstić information content (AvgIpc) is 3.10. The van der Waals surface area contributed by atoms with E-state index < -0.39 is 29.2 Å². The molecule has 9 nitrogen and oxygen atoms in total. The van der Waals surface area contributed by atoms with Crippen LogP contribution in [0.3, 0.4) is 0 Å². The first-order valence-electron chi connectivity index (χ1n) is 9.45. The van der Waals surface area contributed by atoms with Crippen LogP contribution in [0.1, 0.15) is 19.8 Å². The Bertz CT molecular complexity index is 1090. The van der Waals surface area contributed by atoms with Crippen LogP contribution in [0.2, 0.25) is 0 Å². The monoisotopic (exact) mass is 471 g/mol. The van der Waals surface area contributed by atoms with Crippen molar-refractivity contribution in [2.75, 3.05) is 22.9 Å². The summed E-state index contributed by atoms with van der Waals surface area (Å²) in [6.45, 7) is 1.70. The topological polar surface area (TPSA) is 143 Å². The van der Waals surface area contributed by atoms with E-state index in [2.05, 4.69) is 4.98 Å². The van der Waals surface area contributed by atoms with Crippen LogP contribution in [0.25, 0.3) is 10.2 Å². The number of aliphatic carboxylic acids is 1. The number of aromatic nitrogens is 1. The number of nitrogens with zero attached hydrogens (tertiary/aromatic N) is 3. The van der Waals surface area contributed by atoms with Crippen molar-refractivity contribution in [3.05, 3.63) is 29.5 Å².